The van der Waals surface area contributed by atoms with Crippen LogP contribution in [-0.2, 0) is 11.2 Å². The number of aromatic nitrogens is 3. The highest BCUT2D eigenvalue weighted by atomic mass is 16.4. The Bertz CT molecular complexity index is 638. The third kappa shape index (κ3) is 1.75. The maximum absolute atomic E-state index is 12.3. The van der Waals surface area contributed by atoms with Crippen molar-refractivity contribution in [2.24, 2.45) is 0 Å². The van der Waals surface area contributed by atoms with Gasteiger partial charge in [-0.3, -0.25) is 14.8 Å². The number of carboxylic acids is 1. The van der Waals surface area contributed by atoms with Gasteiger partial charge in [-0.05, 0) is 11.6 Å². The molecule has 0 saturated heterocycles. The number of fused-ring (bicyclic) bond motifs is 1. The standard InChI is InChI=1S/C12H10N4O3/c17-11(10-13-6-14-15-10)16-8-4-2-1-3-7(8)5-9(16)12(18)19/h1-4,6,9H,5H2,(H,18,19)(H,13,14,15). The lowest BCUT2D eigenvalue weighted by Crippen LogP contribution is -2.43. The molecule has 0 saturated carbocycles. The lowest BCUT2D eigenvalue weighted by atomic mass is 10.1. The molecular formula is C12H10N4O3. The number of amides is 1. The van der Waals surface area contributed by atoms with Crippen molar-refractivity contribution in [1.82, 2.24) is 15.2 Å². The molecule has 2 heterocycles. The van der Waals surface area contributed by atoms with Crippen molar-refractivity contribution in [3.05, 3.63) is 42.0 Å². The summed E-state index contributed by atoms with van der Waals surface area (Å²) in [4.78, 5) is 28.7. The maximum Gasteiger partial charge on any atom is 0.327 e. The molecule has 96 valence electrons. The first-order chi connectivity index (χ1) is 9.18. The second kappa shape index (κ2) is 4.20. The Balaban J connectivity index is 2.05. The average Bonchev–Trinajstić information content (AvgIpc) is 3.05. The molecule has 0 radical (unpaired) electrons. The van der Waals surface area contributed by atoms with Crippen LogP contribution in [0.2, 0.25) is 0 Å². The van der Waals surface area contributed by atoms with Crippen LogP contribution in [0.1, 0.15) is 16.2 Å². The van der Waals surface area contributed by atoms with Gasteiger partial charge in [0.05, 0.1) is 0 Å². The molecule has 1 unspecified atom stereocenters. The molecule has 0 fully saturated rings. The van der Waals surface area contributed by atoms with Crippen molar-refractivity contribution < 1.29 is 14.7 Å². The Morgan fingerprint density at radius 2 is 2.16 bits per heavy atom. The summed E-state index contributed by atoms with van der Waals surface area (Å²) in [6.45, 7) is 0. The lowest BCUT2D eigenvalue weighted by molar-refractivity contribution is -0.138. The summed E-state index contributed by atoms with van der Waals surface area (Å²) in [6, 6.07) is 6.23. The minimum Gasteiger partial charge on any atom is -0.480 e. The van der Waals surface area contributed by atoms with E-state index in [9.17, 15) is 14.7 Å². The zero-order valence-corrected chi connectivity index (χ0v) is 9.78. The quantitative estimate of drug-likeness (QED) is 0.815. The third-order valence-electron chi connectivity index (χ3n) is 3.10. The molecule has 1 amide bonds. The number of nitrogens with one attached hydrogen (secondary N) is 1. The van der Waals surface area contributed by atoms with Crippen LogP contribution in [0.15, 0.2) is 30.6 Å². The van der Waals surface area contributed by atoms with Crippen LogP contribution >= 0.6 is 0 Å². The third-order valence-corrected chi connectivity index (χ3v) is 3.10. The highest BCUT2D eigenvalue weighted by molar-refractivity contribution is 6.08. The summed E-state index contributed by atoms with van der Waals surface area (Å²) in [5, 5.41) is 15.3. The molecule has 3 rings (SSSR count). The summed E-state index contributed by atoms with van der Waals surface area (Å²) in [5.41, 5.74) is 1.44. The second-order valence-corrected chi connectivity index (χ2v) is 4.20. The van der Waals surface area contributed by atoms with Gasteiger partial charge in [-0.1, -0.05) is 18.2 Å². The fourth-order valence-electron chi connectivity index (χ4n) is 2.26. The Morgan fingerprint density at radius 3 is 2.84 bits per heavy atom. The van der Waals surface area contributed by atoms with Gasteiger partial charge in [0.25, 0.3) is 5.91 Å². The lowest BCUT2D eigenvalue weighted by Gasteiger charge is -2.21. The largest absolute Gasteiger partial charge is 0.480 e. The molecular weight excluding hydrogens is 248 g/mol. The zero-order chi connectivity index (χ0) is 13.4. The van der Waals surface area contributed by atoms with Crippen LogP contribution in [0.5, 0.6) is 0 Å². The number of carbonyl (C=O) groups excluding carboxylic acids is 1. The van der Waals surface area contributed by atoms with E-state index >= 15 is 0 Å². The summed E-state index contributed by atoms with van der Waals surface area (Å²) < 4.78 is 0. The molecule has 19 heavy (non-hydrogen) atoms. The summed E-state index contributed by atoms with van der Waals surface area (Å²) in [5.74, 6) is -1.50. The molecule has 1 aliphatic heterocycles. The first-order valence-corrected chi connectivity index (χ1v) is 5.68. The minimum absolute atomic E-state index is 0.0305. The van der Waals surface area contributed by atoms with Crippen LogP contribution < -0.4 is 4.90 Å². The van der Waals surface area contributed by atoms with E-state index in [-0.39, 0.29) is 5.82 Å². The second-order valence-electron chi connectivity index (χ2n) is 4.20. The Labute approximate surface area is 107 Å². The molecule has 7 heteroatoms. The van der Waals surface area contributed by atoms with Crippen molar-refractivity contribution in [2.45, 2.75) is 12.5 Å². The van der Waals surface area contributed by atoms with Crippen LogP contribution in [-0.4, -0.2) is 38.2 Å². The van der Waals surface area contributed by atoms with E-state index in [0.29, 0.717) is 12.1 Å². The Kier molecular flexibility index (Phi) is 2.52. The van der Waals surface area contributed by atoms with E-state index in [1.807, 2.05) is 12.1 Å². The monoisotopic (exact) mass is 258 g/mol. The first-order valence-electron chi connectivity index (χ1n) is 5.68. The molecule has 0 aliphatic carbocycles. The van der Waals surface area contributed by atoms with Gasteiger partial charge in [-0.25, -0.2) is 9.78 Å². The highest BCUT2D eigenvalue weighted by Crippen LogP contribution is 2.32. The molecule has 1 aliphatic rings. The normalized spacial score (nSPS) is 17.3. The van der Waals surface area contributed by atoms with Crippen molar-refractivity contribution in [3.8, 4) is 0 Å². The van der Waals surface area contributed by atoms with E-state index in [0.717, 1.165) is 5.56 Å². The van der Waals surface area contributed by atoms with E-state index in [4.69, 9.17) is 0 Å². The number of nitrogens with zero attached hydrogens (tertiary/aromatic N) is 3. The summed E-state index contributed by atoms with van der Waals surface area (Å²) in [6.07, 6.45) is 1.51. The van der Waals surface area contributed by atoms with E-state index in [1.165, 1.54) is 11.2 Å². The van der Waals surface area contributed by atoms with Gasteiger partial charge in [0.1, 0.15) is 12.4 Å². The van der Waals surface area contributed by atoms with Gasteiger partial charge < -0.3 is 5.11 Å². The SMILES string of the molecule is O=C(O)C1Cc2ccccc2N1C(=O)c1ncn[nH]1. The van der Waals surface area contributed by atoms with E-state index in [1.54, 1.807) is 12.1 Å². The average molecular weight is 258 g/mol. The smallest absolute Gasteiger partial charge is 0.327 e. The molecule has 1 aromatic carbocycles. The number of para-hydroxylation sites is 1. The fourth-order valence-corrected chi connectivity index (χ4v) is 2.26. The van der Waals surface area contributed by atoms with E-state index in [2.05, 4.69) is 15.2 Å². The van der Waals surface area contributed by atoms with Gasteiger partial charge >= 0.3 is 5.97 Å². The summed E-state index contributed by atoms with van der Waals surface area (Å²) in [7, 11) is 0. The Hall–Kier alpha value is -2.70. The number of carboxylic acid groups (broad SMARTS) is 1. The topological polar surface area (TPSA) is 99.2 Å². The van der Waals surface area contributed by atoms with Gasteiger partial charge in [0.2, 0.25) is 5.82 Å². The number of aliphatic carboxylic acids is 1. The number of aromatic amines is 1. The number of anilines is 1. The minimum atomic E-state index is -1.04. The van der Waals surface area contributed by atoms with Gasteiger partial charge in [-0.15, -0.1) is 0 Å². The molecule has 7 nitrogen and oxygen atoms in total. The predicted molar refractivity (Wildman–Crippen MR) is 64.8 cm³/mol. The number of benzene rings is 1. The fraction of sp³-hybridized carbons (Fsp3) is 0.167. The van der Waals surface area contributed by atoms with Crippen LogP contribution in [0.3, 0.4) is 0 Å². The maximum atomic E-state index is 12.3. The molecule has 0 spiro atoms. The molecule has 2 N–H and O–H groups in total. The molecule has 1 aromatic heterocycles. The number of carbonyl (C=O) groups is 2. The van der Waals surface area contributed by atoms with Crippen molar-refractivity contribution in [3.63, 3.8) is 0 Å². The number of hydrogen-bond acceptors (Lipinski definition) is 4. The van der Waals surface area contributed by atoms with Crippen LogP contribution in [0.25, 0.3) is 0 Å². The van der Waals surface area contributed by atoms with Crippen molar-refractivity contribution in [1.29, 1.82) is 0 Å². The van der Waals surface area contributed by atoms with Crippen LogP contribution in [0, 0.1) is 0 Å². The Morgan fingerprint density at radius 1 is 1.37 bits per heavy atom. The first kappa shape index (κ1) is 11.4. The molecule has 2 aromatic rings. The number of hydrogen-bond donors (Lipinski definition) is 2. The van der Waals surface area contributed by atoms with E-state index < -0.39 is 17.9 Å². The number of H-pyrrole nitrogens is 1. The summed E-state index contributed by atoms with van der Waals surface area (Å²) >= 11 is 0. The van der Waals surface area contributed by atoms with Gasteiger partial charge in [0, 0.05) is 12.1 Å². The zero-order valence-electron chi connectivity index (χ0n) is 9.78. The van der Waals surface area contributed by atoms with Crippen molar-refractivity contribution >= 4 is 17.6 Å². The van der Waals surface area contributed by atoms with Gasteiger partial charge in [-0.2, -0.15) is 5.10 Å². The van der Waals surface area contributed by atoms with Gasteiger partial charge in [0.15, 0.2) is 0 Å². The van der Waals surface area contributed by atoms with Crippen molar-refractivity contribution in [2.75, 3.05) is 4.90 Å². The predicted octanol–water partition coefficient (Wildman–Crippen LogP) is 0.461. The molecule has 1 atom stereocenters. The number of rotatable bonds is 2. The highest BCUT2D eigenvalue weighted by Gasteiger charge is 2.39. The van der Waals surface area contributed by atoms with Crippen LogP contribution in [0.4, 0.5) is 5.69 Å². The molecule has 0 bridgehead atoms.